The number of hydrogen-bond acceptors (Lipinski definition) is 2. The predicted molar refractivity (Wildman–Crippen MR) is 126 cm³/mol. The zero-order chi connectivity index (χ0) is 22.4. The molecule has 1 saturated carbocycles. The molecule has 4 heteroatoms. The lowest BCUT2D eigenvalue weighted by atomic mass is 10.0. The van der Waals surface area contributed by atoms with Crippen molar-refractivity contribution in [1.29, 1.82) is 0 Å². The molecular weight excluding hydrogens is 384 g/mol. The number of carbonyl (C=O) groups is 2. The second-order valence-corrected chi connectivity index (χ2v) is 8.96. The Hall–Kier alpha value is -2.62. The maximum Gasteiger partial charge on any atom is 0.243 e. The summed E-state index contributed by atoms with van der Waals surface area (Å²) in [5.74, 6) is -0.0173. The first-order valence-corrected chi connectivity index (χ1v) is 11.6. The fourth-order valence-corrected chi connectivity index (χ4v) is 4.45. The molecule has 1 N–H and O–H groups in total. The molecular formula is C27H36N2O2. The Kier molecular flexibility index (Phi) is 7.89. The Labute approximate surface area is 187 Å². The lowest BCUT2D eigenvalue weighted by Gasteiger charge is -2.32. The molecule has 166 valence electrons. The summed E-state index contributed by atoms with van der Waals surface area (Å²) in [6.45, 7) is 8.64. The molecule has 2 aromatic rings. The van der Waals surface area contributed by atoms with E-state index in [1.165, 1.54) is 24.0 Å². The van der Waals surface area contributed by atoms with Gasteiger partial charge in [0.1, 0.15) is 6.04 Å². The minimum absolute atomic E-state index is 0.0000666. The molecule has 0 saturated heterocycles. The molecule has 2 amide bonds. The summed E-state index contributed by atoms with van der Waals surface area (Å²) < 4.78 is 0. The van der Waals surface area contributed by atoms with Crippen LogP contribution in [0.3, 0.4) is 0 Å². The highest BCUT2D eigenvalue weighted by atomic mass is 16.2. The van der Waals surface area contributed by atoms with Gasteiger partial charge in [0, 0.05) is 12.6 Å². The van der Waals surface area contributed by atoms with E-state index >= 15 is 0 Å². The molecule has 2 aromatic carbocycles. The Balaban J connectivity index is 1.84. The van der Waals surface area contributed by atoms with Gasteiger partial charge in [-0.15, -0.1) is 0 Å². The minimum atomic E-state index is -0.459. The van der Waals surface area contributed by atoms with Crippen molar-refractivity contribution in [3.63, 3.8) is 0 Å². The summed E-state index contributed by atoms with van der Waals surface area (Å²) in [7, 11) is 0. The molecule has 1 atom stereocenters. The topological polar surface area (TPSA) is 49.4 Å². The van der Waals surface area contributed by atoms with Crippen LogP contribution in [0.4, 0.5) is 0 Å². The Morgan fingerprint density at radius 2 is 1.71 bits per heavy atom. The number of nitrogens with one attached hydrogen (secondary N) is 1. The van der Waals surface area contributed by atoms with Gasteiger partial charge >= 0.3 is 0 Å². The number of amides is 2. The molecule has 3 rings (SSSR count). The summed E-state index contributed by atoms with van der Waals surface area (Å²) in [6.07, 6.45) is 5.32. The highest BCUT2D eigenvalue weighted by Crippen LogP contribution is 2.21. The molecule has 0 heterocycles. The highest BCUT2D eigenvalue weighted by Gasteiger charge is 2.30. The van der Waals surface area contributed by atoms with E-state index in [1.807, 2.05) is 31.2 Å². The van der Waals surface area contributed by atoms with Crippen LogP contribution in [0.1, 0.15) is 66.8 Å². The fraction of sp³-hybridized carbons (Fsp3) is 0.481. The van der Waals surface area contributed by atoms with Gasteiger partial charge < -0.3 is 10.2 Å². The van der Waals surface area contributed by atoms with Gasteiger partial charge in [0.2, 0.25) is 11.8 Å². The van der Waals surface area contributed by atoms with Crippen LogP contribution in [0.25, 0.3) is 0 Å². The van der Waals surface area contributed by atoms with Gasteiger partial charge in [-0.1, -0.05) is 62.2 Å². The second kappa shape index (κ2) is 10.6. The van der Waals surface area contributed by atoms with E-state index in [1.54, 1.807) is 4.90 Å². The van der Waals surface area contributed by atoms with Crippen molar-refractivity contribution in [2.24, 2.45) is 0 Å². The van der Waals surface area contributed by atoms with Gasteiger partial charge in [0.25, 0.3) is 0 Å². The molecule has 1 aliphatic carbocycles. The molecule has 1 aliphatic rings. The van der Waals surface area contributed by atoms with Gasteiger partial charge in [-0.2, -0.15) is 0 Å². The Morgan fingerprint density at radius 3 is 2.35 bits per heavy atom. The molecule has 0 bridgehead atoms. The summed E-state index contributed by atoms with van der Waals surface area (Å²) in [5, 5.41) is 3.21. The monoisotopic (exact) mass is 420 g/mol. The van der Waals surface area contributed by atoms with Crippen molar-refractivity contribution in [3.05, 3.63) is 70.3 Å². The number of aryl methyl sites for hydroxylation is 3. The van der Waals surface area contributed by atoms with Crippen LogP contribution < -0.4 is 5.32 Å². The maximum absolute atomic E-state index is 13.5. The molecule has 31 heavy (non-hydrogen) atoms. The molecule has 1 fully saturated rings. The van der Waals surface area contributed by atoms with Crippen LogP contribution in [0.15, 0.2) is 42.5 Å². The molecule has 0 radical (unpaired) electrons. The SMILES string of the molecule is CC[C@H](C(=O)NC1CCCC1)N(Cc1ccccc1C)C(=O)Cc1ccc(C)c(C)c1. The number of hydrogen-bond donors (Lipinski definition) is 1. The molecule has 4 nitrogen and oxygen atoms in total. The van der Waals surface area contributed by atoms with E-state index in [-0.39, 0.29) is 17.9 Å². The molecule has 0 unspecified atom stereocenters. The Morgan fingerprint density at radius 1 is 1.00 bits per heavy atom. The summed E-state index contributed by atoms with van der Waals surface area (Å²) in [6, 6.07) is 14.1. The first-order chi connectivity index (χ1) is 14.9. The standard InChI is InChI=1S/C27H36N2O2/c1-5-25(27(31)28-24-12-8-9-13-24)29(18-23-11-7-6-10-20(23)3)26(30)17-22-15-14-19(2)21(4)16-22/h6-7,10-11,14-16,24-25H,5,8-9,12-13,17-18H2,1-4H3,(H,28,31)/t25-/m1/s1. The largest absolute Gasteiger partial charge is 0.352 e. The first kappa shape index (κ1) is 23.1. The molecule has 0 spiro atoms. The van der Waals surface area contributed by atoms with Gasteiger partial charge in [0.05, 0.1) is 6.42 Å². The van der Waals surface area contributed by atoms with Crippen molar-refractivity contribution in [2.75, 3.05) is 0 Å². The minimum Gasteiger partial charge on any atom is -0.352 e. The highest BCUT2D eigenvalue weighted by molar-refractivity contribution is 5.88. The lowest BCUT2D eigenvalue weighted by molar-refractivity contribution is -0.141. The van der Waals surface area contributed by atoms with E-state index in [0.29, 0.717) is 19.4 Å². The smallest absolute Gasteiger partial charge is 0.243 e. The molecule has 0 aromatic heterocycles. The average molecular weight is 421 g/mol. The number of carbonyl (C=O) groups excluding carboxylic acids is 2. The third-order valence-electron chi connectivity index (χ3n) is 6.62. The van der Waals surface area contributed by atoms with Gasteiger partial charge in [-0.3, -0.25) is 9.59 Å². The molecule has 0 aliphatic heterocycles. The van der Waals surface area contributed by atoms with Crippen LogP contribution in [0, 0.1) is 20.8 Å². The number of nitrogens with zero attached hydrogens (tertiary/aromatic N) is 1. The van der Waals surface area contributed by atoms with Crippen molar-refractivity contribution in [1.82, 2.24) is 10.2 Å². The maximum atomic E-state index is 13.5. The van der Waals surface area contributed by atoms with Gasteiger partial charge in [-0.05, 0) is 67.9 Å². The Bertz CT molecular complexity index is 915. The van der Waals surface area contributed by atoms with Crippen LogP contribution in [-0.2, 0) is 22.6 Å². The zero-order valence-electron chi connectivity index (χ0n) is 19.4. The van der Waals surface area contributed by atoms with Crippen molar-refractivity contribution >= 4 is 11.8 Å². The van der Waals surface area contributed by atoms with Crippen LogP contribution in [0.2, 0.25) is 0 Å². The zero-order valence-corrected chi connectivity index (χ0v) is 19.4. The predicted octanol–water partition coefficient (Wildman–Crippen LogP) is 5.02. The average Bonchev–Trinajstić information content (AvgIpc) is 3.25. The van der Waals surface area contributed by atoms with Gasteiger partial charge in [-0.25, -0.2) is 0 Å². The van der Waals surface area contributed by atoms with Crippen molar-refractivity contribution in [2.45, 2.75) is 84.8 Å². The lowest BCUT2D eigenvalue weighted by Crippen LogP contribution is -2.51. The van der Waals surface area contributed by atoms with Crippen LogP contribution >= 0.6 is 0 Å². The second-order valence-electron chi connectivity index (χ2n) is 8.96. The van der Waals surface area contributed by atoms with Crippen LogP contribution in [0.5, 0.6) is 0 Å². The first-order valence-electron chi connectivity index (χ1n) is 11.6. The van der Waals surface area contributed by atoms with Crippen LogP contribution in [-0.4, -0.2) is 28.8 Å². The van der Waals surface area contributed by atoms with Crippen molar-refractivity contribution < 1.29 is 9.59 Å². The summed E-state index contributed by atoms with van der Waals surface area (Å²) in [5.41, 5.74) is 5.62. The van der Waals surface area contributed by atoms with Crippen molar-refractivity contribution in [3.8, 4) is 0 Å². The summed E-state index contributed by atoms with van der Waals surface area (Å²) in [4.78, 5) is 28.5. The quantitative estimate of drug-likeness (QED) is 0.652. The number of benzene rings is 2. The number of rotatable bonds is 8. The van der Waals surface area contributed by atoms with Gasteiger partial charge in [0.15, 0.2) is 0 Å². The third-order valence-corrected chi connectivity index (χ3v) is 6.62. The van der Waals surface area contributed by atoms with E-state index in [2.05, 4.69) is 44.3 Å². The normalized spacial score (nSPS) is 15.0. The van der Waals surface area contributed by atoms with E-state index in [0.717, 1.165) is 29.5 Å². The fourth-order valence-electron chi connectivity index (χ4n) is 4.45. The third kappa shape index (κ3) is 5.96. The van der Waals surface area contributed by atoms with E-state index in [9.17, 15) is 9.59 Å². The van der Waals surface area contributed by atoms with E-state index < -0.39 is 6.04 Å². The summed E-state index contributed by atoms with van der Waals surface area (Å²) >= 11 is 0. The van der Waals surface area contributed by atoms with E-state index in [4.69, 9.17) is 0 Å².